The molecule has 0 radical (unpaired) electrons. The van der Waals surface area contributed by atoms with Crippen LogP contribution < -0.4 is 15.5 Å². The van der Waals surface area contributed by atoms with Crippen LogP contribution in [-0.4, -0.2) is 37.0 Å². The van der Waals surface area contributed by atoms with E-state index in [4.69, 9.17) is 0 Å². The van der Waals surface area contributed by atoms with Gasteiger partial charge < -0.3 is 15.5 Å². The second kappa shape index (κ2) is 8.11. The normalized spacial score (nSPS) is 12.6. The Hall–Kier alpha value is -1.88. The molecule has 2 amide bonds. The number of aryl methyl sites for hydroxylation is 2. The van der Waals surface area contributed by atoms with E-state index in [1.54, 1.807) is 0 Å². The molecule has 0 spiro atoms. The molecule has 5 heteroatoms. The molecule has 5 nitrogen and oxygen atoms in total. The van der Waals surface area contributed by atoms with Crippen molar-refractivity contribution in [2.45, 2.75) is 47.1 Å². The average Bonchev–Trinajstić information content (AvgIpc) is 2.39. The van der Waals surface area contributed by atoms with Gasteiger partial charge in [0.25, 0.3) is 11.8 Å². The van der Waals surface area contributed by atoms with Crippen molar-refractivity contribution < 1.29 is 14.5 Å². The van der Waals surface area contributed by atoms with E-state index in [-0.39, 0.29) is 23.9 Å². The number of hydrogen-bond donors (Lipinski definition) is 3. The Morgan fingerprint density at radius 2 is 1.70 bits per heavy atom. The third-order valence-electron chi connectivity index (χ3n) is 3.49. The largest absolute Gasteiger partial charge is 0.347 e. The van der Waals surface area contributed by atoms with Crippen molar-refractivity contribution in [3.63, 3.8) is 0 Å². The molecule has 0 aromatic heterocycles. The van der Waals surface area contributed by atoms with Crippen LogP contribution in [0.5, 0.6) is 0 Å². The summed E-state index contributed by atoms with van der Waals surface area (Å²) in [6, 6.07) is 5.93. The summed E-state index contributed by atoms with van der Waals surface area (Å²) in [5, 5.41) is 5.86. The minimum atomic E-state index is -0.253. The predicted octanol–water partition coefficient (Wildman–Crippen LogP) is 1.06. The number of hydrogen-bond acceptors (Lipinski definition) is 2. The molecule has 0 fully saturated rings. The zero-order valence-corrected chi connectivity index (χ0v) is 15.2. The van der Waals surface area contributed by atoms with Crippen LogP contribution in [0.15, 0.2) is 18.2 Å². The van der Waals surface area contributed by atoms with Gasteiger partial charge in [0.05, 0.1) is 6.54 Å². The standard InChI is InChI=1S/C18H29N3O2/c1-7-21(12-17(23)20-18(4,5)6)11-16(22)19-15-9-8-13(2)10-14(15)3/h8-10H,7,11-12H2,1-6H3,(H,19,22)(H,20,23)/p+1. The molecule has 0 saturated heterocycles. The van der Waals surface area contributed by atoms with Gasteiger partial charge in [-0.15, -0.1) is 0 Å². The number of nitrogens with one attached hydrogen (secondary N) is 3. The number of likely N-dealkylation sites (N-methyl/N-ethyl adjacent to an activating group) is 1. The summed E-state index contributed by atoms with van der Waals surface area (Å²) >= 11 is 0. The molecule has 0 heterocycles. The number of carbonyl (C=O) groups excluding carboxylic acids is 2. The van der Waals surface area contributed by atoms with Gasteiger partial charge >= 0.3 is 0 Å². The maximum atomic E-state index is 12.2. The van der Waals surface area contributed by atoms with Crippen molar-refractivity contribution in [2.75, 3.05) is 25.0 Å². The van der Waals surface area contributed by atoms with Crippen molar-refractivity contribution in [3.8, 4) is 0 Å². The van der Waals surface area contributed by atoms with Crippen LogP contribution in [0, 0.1) is 13.8 Å². The van der Waals surface area contributed by atoms with Crippen molar-refractivity contribution in [1.29, 1.82) is 0 Å². The van der Waals surface area contributed by atoms with E-state index in [1.807, 2.05) is 59.7 Å². The number of rotatable bonds is 6. The number of amides is 2. The maximum Gasteiger partial charge on any atom is 0.279 e. The zero-order chi connectivity index (χ0) is 17.6. The second-order valence-electron chi connectivity index (χ2n) is 7.12. The maximum absolute atomic E-state index is 12.2. The van der Waals surface area contributed by atoms with Gasteiger partial charge in [0.15, 0.2) is 13.1 Å². The Bertz CT molecular complexity index is 562. The highest BCUT2D eigenvalue weighted by molar-refractivity contribution is 5.92. The molecular formula is C18H30N3O2+. The molecule has 0 aliphatic carbocycles. The molecule has 1 unspecified atom stereocenters. The quantitative estimate of drug-likeness (QED) is 0.734. The summed E-state index contributed by atoms with van der Waals surface area (Å²) in [4.78, 5) is 25.2. The highest BCUT2D eigenvalue weighted by atomic mass is 16.2. The third-order valence-corrected chi connectivity index (χ3v) is 3.49. The Morgan fingerprint density at radius 3 is 2.22 bits per heavy atom. The molecule has 0 saturated carbocycles. The van der Waals surface area contributed by atoms with Crippen molar-refractivity contribution >= 4 is 17.5 Å². The van der Waals surface area contributed by atoms with Crippen molar-refractivity contribution in [3.05, 3.63) is 29.3 Å². The van der Waals surface area contributed by atoms with E-state index in [9.17, 15) is 9.59 Å². The van der Waals surface area contributed by atoms with Crippen LogP contribution in [-0.2, 0) is 9.59 Å². The van der Waals surface area contributed by atoms with Gasteiger partial charge in [-0.3, -0.25) is 9.59 Å². The Balaban J connectivity index is 2.58. The molecule has 0 bridgehead atoms. The molecule has 0 aliphatic heterocycles. The first-order chi connectivity index (χ1) is 10.6. The van der Waals surface area contributed by atoms with E-state index >= 15 is 0 Å². The van der Waals surface area contributed by atoms with E-state index in [1.165, 1.54) is 5.56 Å². The topological polar surface area (TPSA) is 62.6 Å². The monoisotopic (exact) mass is 320 g/mol. The summed E-state index contributed by atoms with van der Waals surface area (Å²) in [5.41, 5.74) is 2.79. The lowest BCUT2D eigenvalue weighted by molar-refractivity contribution is -0.881. The van der Waals surface area contributed by atoms with Crippen molar-refractivity contribution in [2.24, 2.45) is 0 Å². The van der Waals surface area contributed by atoms with Gasteiger partial charge in [-0.25, -0.2) is 0 Å². The van der Waals surface area contributed by atoms with E-state index in [0.717, 1.165) is 22.7 Å². The molecule has 1 rings (SSSR count). The smallest absolute Gasteiger partial charge is 0.279 e. The molecule has 1 atom stereocenters. The molecule has 128 valence electrons. The summed E-state index contributed by atoms with van der Waals surface area (Å²) in [7, 11) is 0. The molecule has 0 aliphatic rings. The Morgan fingerprint density at radius 1 is 1.09 bits per heavy atom. The average molecular weight is 320 g/mol. The molecular weight excluding hydrogens is 290 g/mol. The highest BCUT2D eigenvalue weighted by Gasteiger charge is 2.20. The fourth-order valence-electron chi connectivity index (χ4n) is 2.38. The fourth-order valence-corrected chi connectivity index (χ4v) is 2.38. The van der Waals surface area contributed by atoms with Crippen LogP contribution in [0.3, 0.4) is 0 Å². The van der Waals surface area contributed by atoms with Crippen LogP contribution in [0.4, 0.5) is 5.69 Å². The minimum absolute atomic E-state index is 0.0336. The summed E-state index contributed by atoms with van der Waals surface area (Å²) in [6.45, 7) is 13.1. The van der Waals surface area contributed by atoms with Gasteiger partial charge in [-0.1, -0.05) is 17.7 Å². The van der Waals surface area contributed by atoms with Gasteiger partial charge in [-0.05, 0) is 53.2 Å². The first-order valence-electron chi connectivity index (χ1n) is 8.12. The Labute approximate surface area is 139 Å². The van der Waals surface area contributed by atoms with Gasteiger partial charge in [0.2, 0.25) is 0 Å². The summed E-state index contributed by atoms with van der Waals surface area (Å²) in [6.07, 6.45) is 0. The minimum Gasteiger partial charge on any atom is -0.347 e. The lowest BCUT2D eigenvalue weighted by Crippen LogP contribution is -3.14. The number of carbonyl (C=O) groups is 2. The molecule has 3 N–H and O–H groups in total. The summed E-state index contributed by atoms with van der Waals surface area (Å²) in [5.74, 6) is -0.106. The SMILES string of the molecule is CC[NH+](CC(=O)Nc1ccc(C)cc1C)CC(=O)NC(C)(C)C. The lowest BCUT2D eigenvalue weighted by Gasteiger charge is -2.23. The third kappa shape index (κ3) is 7.28. The summed E-state index contributed by atoms with van der Waals surface area (Å²) < 4.78 is 0. The van der Waals surface area contributed by atoms with Crippen LogP contribution in [0.1, 0.15) is 38.8 Å². The van der Waals surface area contributed by atoms with Gasteiger partial charge in [0, 0.05) is 11.2 Å². The first-order valence-corrected chi connectivity index (χ1v) is 8.12. The van der Waals surface area contributed by atoms with E-state index < -0.39 is 0 Å². The van der Waals surface area contributed by atoms with Gasteiger partial charge in [-0.2, -0.15) is 0 Å². The molecule has 1 aromatic carbocycles. The zero-order valence-electron chi connectivity index (χ0n) is 15.2. The fraction of sp³-hybridized carbons (Fsp3) is 0.556. The number of benzene rings is 1. The van der Waals surface area contributed by atoms with E-state index in [0.29, 0.717) is 6.54 Å². The second-order valence-corrected chi connectivity index (χ2v) is 7.12. The van der Waals surface area contributed by atoms with Crippen LogP contribution in [0.25, 0.3) is 0 Å². The highest BCUT2D eigenvalue weighted by Crippen LogP contribution is 2.15. The predicted molar refractivity (Wildman–Crippen MR) is 93.7 cm³/mol. The number of anilines is 1. The molecule has 23 heavy (non-hydrogen) atoms. The van der Waals surface area contributed by atoms with Crippen molar-refractivity contribution in [1.82, 2.24) is 5.32 Å². The van der Waals surface area contributed by atoms with Gasteiger partial charge in [0.1, 0.15) is 0 Å². The lowest BCUT2D eigenvalue weighted by atomic mass is 10.1. The van der Waals surface area contributed by atoms with E-state index in [2.05, 4.69) is 10.6 Å². The number of quaternary nitrogens is 1. The van der Waals surface area contributed by atoms with Crippen LogP contribution >= 0.6 is 0 Å². The first kappa shape index (κ1) is 19.2. The molecule has 1 aromatic rings. The van der Waals surface area contributed by atoms with Crippen LogP contribution in [0.2, 0.25) is 0 Å². The Kier molecular flexibility index (Phi) is 6.76.